The van der Waals surface area contributed by atoms with Crippen molar-refractivity contribution in [1.29, 1.82) is 0 Å². The fourth-order valence-electron chi connectivity index (χ4n) is 2.75. The fraction of sp³-hybridized carbons (Fsp3) is 0.444. The molecule has 1 fully saturated rings. The molecule has 8 nitrogen and oxygen atoms in total. The minimum absolute atomic E-state index is 0.00985. The number of benzene rings is 1. The van der Waals surface area contributed by atoms with Crippen LogP contribution in [-0.2, 0) is 25.6 Å². The minimum atomic E-state index is -0.524. The summed E-state index contributed by atoms with van der Waals surface area (Å²) in [6, 6.07) is 6.00. The smallest absolute Gasteiger partial charge is 0.316 e. The number of likely N-dealkylation sites (N-methyl/N-ethyl adjacent to an activating group) is 1. The van der Waals surface area contributed by atoms with Crippen LogP contribution in [0.5, 0.6) is 0 Å². The molecule has 0 spiro atoms. The van der Waals surface area contributed by atoms with E-state index in [-0.39, 0.29) is 30.2 Å². The number of amides is 1. The number of nitrogens with zero attached hydrogens (tertiary/aromatic N) is 3. The monoisotopic (exact) mass is 408 g/mol. The van der Waals surface area contributed by atoms with E-state index >= 15 is 0 Å². The number of ether oxygens (including phenoxy) is 2. The van der Waals surface area contributed by atoms with Crippen molar-refractivity contribution in [1.82, 2.24) is 20.1 Å². The largest absolute Gasteiger partial charge is 0.455 e. The highest BCUT2D eigenvalue weighted by Crippen LogP contribution is 2.26. The zero-order valence-electron chi connectivity index (χ0n) is 15.4. The fourth-order valence-corrected chi connectivity index (χ4v) is 3.49. The number of thioether (sulfide) groups is 1. The average Bonchev–Trinajstić information content (AvgIpc) is 3.35. The van der Waals surface area contributed by atoms with Gasteiger partial charge in [0, 0.05) is 19.2 Å². The van der Waals surface area contributed by atoms with E-state index in [1.807, 2.05) is 4.57 Å². The first-order valence-corrected chi connectivity index (χ1v) is 9.85. The highest BCUT2D eigenvalue weighted by Gasteiger charge is 2.22. The van der Waals surface area contributed by atoms with Gasteiger partial charge in [-0.3, -0.25) is 14.2 Å². The van der Waals surface area contributed by atoms with Gasteiger partial charge in [0.15, 0.2) is 17.6 Å². The molecular formula is C18H21FN4O4S. The van der Waals surface area contributed by atoms with E-state index in [1.54, 1.807) is 12.1 Å². The number of halogens is 1. The molecule has 0 unspecified atom stereocenters. The molecule has 1 amide bonds. The van der Waals surface area contributed by atoms with Crippen molar-refractivity contribution in [3.8, 4) is 11.4 Å². The van der Waals surface area contributed by atoms with Crippen LogP contribution in [0.1, 0.15) is 12.8 Å². The maximum Gasteiger partial charge on any atom is 0.316 e. The van der Waals surface area contributed by atoms with Crippen molar-refractivity contribution in [2.45, 2.75) is 30.6 Å². The first kappa shape index (κ1) is 20.3. The normalized spacial score (nSPS) is 16.1. The van der Waals surface area contributed by atoms with Gasteiger partial charge in [-0.15, -0.1) is 10.2 Å². The van der Waals surface area contributed by atoms with E-state index in [9.17, 15) is 14.0 Å². The number of carbonyl (C=O) groups is 2. The molecule has 1 aliphatic rings. The van der Waals surface area contributed by atoms with Crippen molar-refractivity contribution in [2.24, 2.45) is 0 Å². The van der Waals surface area contributed by atoms with Crippen molar-refractivity contribution in [3.05, 3.63) is 30.1 Å². The van der Waals surface area contributed by atoms with Gasteiger partial charge in [-0.2, -0.15) is 0 Å². The summed E-state index contributed by atoms with van der Waals surface area (Å²) in [5.74, 6) is -0.661. The first-order valence-electron chi connectivity index (χ1n) is 8.86. The second kappa shape index (κ2) is 9.65. The highest BCUT2D eigenvalue weighted by molar-refractivity contribution is 7.99. The Labute approximate surface area is 165 Å². The Kier molecular flexibility index (Phi) is 6.99. The molecule has 1 saturated heterocycles. The van der Waals surface area contributed by atoms with Crippen molar-refractivity contribution >= 4 is 23.6 Å². The van der Waals surface area contributed by atoms with Crippen LogP contribution in [0, 0.1) is 5.82 Å². The van der Waals surface area contributed by atoms with Gasteiger partial charge in [0.05, 0.1) is 18.4 Å². The number of esters is 1. The predicted molar refractivity (Wildman–Crippen MR) is 100 cm³/mol. The van der Waals surface area contributed by atoms with Gasteiger partial charge in [0.1, 0.15) is 5.82 Å². The van der Waals surface area contributed by atoms with Gasteiger partial charge in [-0.25, -0.2) is 4.39 Å². The summed E-state index contributed by atoms with van der Waals surface area (Å²) in [5, 5.41) is 11.3. The Morgan fingerprint density at radius 2 is 2.14 bits per heavy atom. The Morgan fingerprint density at radius 1 is 1.36 bits per heavy atom. The predicted octanol–water partition coefficient (Wildman–Crippen LogP) is 1.64. The van der Waals surface area contributed by atoms with E-state index < -0.39 is 5.97 Å². The molecule has 0 bridgehead atoms. The number of hydrogen-bond acceptors (Lipinski definition) is 7. The lowest BCUT2D eigenvalue weighted by Gasteiger charge is -2.14. The van der Waals surface area contributed by atoms with Gasteiger partial charge < -0.3 is 14.8 Å². The maximum atomic E-state index is 13.3. The van der Waals surface area contributed by atoms with E-state index in [4.69, 9.17) is 9.47 Å². The summed E-state index contributed by atoms with van der Waals surface area (Å²) in [6.45, 7) is 0.932. The van der Waals surface area contributed by atoms with Gasteiger partial charge >= 0.3 is 5.97 Å². The second-order valence-corrected chi connectivity index (χ2v) is 7.12. The Balaban J connectivity index is 1.73. The molecule has 1 aromatic heterocycles. The van der Waals surface area contributed by atoms with Gasteiger partial charge in [0.2, 0.25) is 0 Å². The SMILES string of the molecule is CNC(=O)COC(=O)CSc1nnc(-c2ccc(F)cc2)n1C[C@H]1CCCO1. The highest BCUT2D eigenvalue weighted by atomic mass is 32.2. The molecule has 3 rings (SSSR count). The second-order valence-electron chi connectivity index (χ2n) is 6.18. The van der Waals surface area contributed by atoms with Crippen LogP contribution in [0.3, 0.4) is 0 Å². The molecule has 1 N–H and O–H groups in total. The van der Waals surface area contributed by atoms with E-state index in [0.29, 0.717) is 24.1 Å². The number of aromatic nitrogens is 3. The summed E-state index contributed by atoms with van der Waals surface area (Å²) < 4.78 is 25.7. The number of carbonyl (C=O) groups excluding carboxylic acids is 2. The van der Waals surface area contributed by atoms with Gasteiger partial charge in [0.25, 0.3) is 5.91 Å². The van der Waals surface area contributed by atoms with Crippen molar-refractivity contribution < 1.29 is 23.5 Å². The van der Waals surface area contributed by atoms with Crippen LogP contribution in [-0.4, -0.2) is 58.8 Å². The number of rotatable bonds is 8. The van der Waals surface area contributed by atoms with Gasteiger partial charge in [-0.1, -0.05) is 11.8 Å². The lowest BCUT2D eigenvalue weighted by Crippen LogP contribution is -2.25. The van der Waals surface area contributed by atoms with Crippen molar-refractivity contribution in [2.75, 3.05) is 26.0 Å². The Hall–Kier alpha value is -2.46. The van der Waals surface area contributed by atoms with E-state index in [2.05, 4.69) is 15.5 Å². The lowest BCUT2D eigenvalue weighted by atomic mass is 10.2. The molecule has 2 heterocycles. The standard InChI is InChI=1S/C18H21FN4O4S/c1-20-15(24)10-27-16(25)11-28-18-22-21-17(12-4-6-13(19)7-5-12)23(18)9-14-3-2-8-26-14/h4-7,14H,2-3,8-11H2,1H3,(H,20,24)/t14-/m1/s1. The third kappa shape index (κ3) is 5.29. The zero-order chi connectivity index (χ0) is 19.9. The average molecular weight is 408 g/mol. The summed E-state index contributed by atoms with van der Waals surface area (Å²) in [7, 11) is 1.47. The third-order valence-electron chi connectivity index (χ3n) is 4.19. The molecule has 0 aliphatic carbocycles. The van der Waals surface area contributed by atoms with Crippen LogP contribution in [0.2, 0.25) is 0 Å². The number of nitrogens with one attached hydrogen (secondary N) is 1. The van der Waals surface area contributed by atoms with Crippen LogP contribution in [0.25, 0.3) is 11.4 Å². The van der Waals surface area contributed by atoms with Crippen LogP contribution < -0.4 is 5.32 Å². The van der Waals surface area contributed by atoms with Crippen LogP contribution >= 0.6 is 11.8 Å². The lowest BCUT2D eigenvalue weighted by molar-refractivity contribution is -0.145. The molecular weight excluding hydrogens is 387 g/mol. The minimum Gasteiger partial charge on any atom is -0.455 e. The van der Waals surface area contributed by atoms with E-state index in [1.165, 1.54) is 30.9 Å². The van der Waals surface area contributed by atoms with Crippen LogP contribution in [0.15, 0.2) is 29.4 Å². The molecule has 0 saturated carbocycles. The Bertz CT molecular complexity index is 821. The molecule has 150 valence electrons. The first-order chi connectivity index (χ1) is 13.6. The molecule has 28 heavy (non-hydrogen) atoms. The molecule has 2 aromatic rings. The summed E-state index contributed by atoms with van der Waals surface area (Å²) in [5.41, 5.74) is 0.723. The summed E-state index contributed by atoms with van der Waals surface area (Å²) in [6.07, 6.45) is 1.96. The quantitative estimate of drug-likeness (QED) is 0.524. The summed E-state index contributed by atoms with van der Waals surface area (Å²) in [4.78, 5) is 23.0. The summed E-state index contributed by atoms with van der Waals surface area (Å²) >= 11 is 1.17. The molecule has 0 radical (unpaired) electrons. The zero-order valence-corrected chi connectivity index (χ0v) is 16.2. The molecule has 1 aromatic carbocycles. The van der Waals surface area contributed by atoms with Crippen molar-refractivity contribution in [3.63, 3.8) is 0 Å². The Morgan fingerprint density at radius 3 is 2.82 bits per heavy atom. The number of hydrogen-bond donors (Lipinski definition) is 1. The van der Waals surface area contributed by atoms with E-state index in [0.717, 1.165) is 18.4 Å². The topological polar surface area (TPSA) is 95.3 Å². The molecule has 1 atom stereocenters. The molecule has 10 heteroatoms. The maximum absolute atomic E-state index is 13.3. The van der Waals surface area contributed by atoms with Crippen LogP contribution in [0.4, 0.5) is 4.39 Å². The van der Waals surface area contributed by atoms with Gasteiger partial charge in [-0.05, 0) is 37.1 Å². The third-order valence-corrected chi connectivity index (χ3v) is 5.13. The molecule has 1 aliphatic heterocycles.